The Morgan fingerprint density at radius 1 is 1.50 bits per heavy atom. The van der Waals surface area contributed by atoms with Crippen molar-refractivity contribution in [1.29, 1.82) is 0 Å². The minimum atomic E-state index is -0.156. The number of carbonyl (C=O) groups is 1. The van der Waals surface area contributed by atoms with E-state index in [2.05, 4.69) is 24.1 Å². The summed E-state index contributed by atoms with van der Waals surface area (Å²) < 4.78 is 5.14. The summed E-state index contributed by atoms with van der Waals surface area (Å²) in [4.78, 5) is 16.0. The quantitative estimate of drug-likeness (QED) is 0.886. The lowest BCUT2D eigenvalue weighted by molar-refractivity contribution is -0.120. The molecule has 0 saturated carbocycles. The van der Waals surface area contributed by atoms with E-state index in [0.29, 0.717) is 18.2 Å². The second-order valence-electron chi connectivity index (χ2n) is 5.21. The molecule has 1 amide bonds. The Morgan fingerprint density at radius 2 is 2.28 bits per heavy atom. The van der Waals surface area contributed by atoms with Gasteiger partial charge in [-0.15, -0.1) is 0 Å². The van der Waals surface area contributed by atoms with Gasteiger partial charge in [-0.3, -0.25) is 4.79 Å². The standard InChI is InChI=1S/C14H20N2O2/c1-10(2)14(8-7-12(17)16-14)9-11-5-4-6-13(15-11)18-3/h4-6,10H,7-9H2,1-3H3,(H,16,17). The average molecular weight is 248 g/mol. The van der Waals surface area contributed by atoms with Gasteiger partial charge in [0.1, 0.15) is 0 Å². The van der Waals surface area contributed by atoms with Gasteiger partial charge in [0.05, 0.1) is 7.11 Å². The number of nitrogens with zero attached hydrogens (tertiary/aromatic N) is 1. The zero-order valence-corrected chi connectivity index (χ0v) is 11.2. The molecule has 1 saturated heterocycles. The van der Waals surface area contributed by atoms with Gasteiger partial charge in [-0.2, -0.15) is 0 Å². The number of rotatable bonds is 4. The first-order chi connectivity index (χ1) is 8.55. The molecule has 1 aliphatic rings. The molecule has 4 heteroatoms. The summed E-state index contributed by atoms with van der Waals surface area (Å²) in [6.45, 7) is 4.29. The number of methoxy groups -OCH3 is 1. The van der Waals surface area contributed by atoms with Crippen molar-refractivity contribution in [3.63, 3.8) is 0 Å². The summed E-state index contributed by atoms with van der Waals surface area (Å²) >= 11 is 0. The zero-order chi connectivity index (χ0) is 13.2. The number of hydrogen-bond acceptors (Lipinski definition) is 3. The summed E-state index contributed by atoms with van der Waals surface area (Å²) in [5.41, 5.74) is 0.807. The van der Waals surface area contributed by atoms with Gasteiger partial charge in [0.25, 0.3) is 0 Å². The van der Waals surface area contributed by atoms with Gasteiger partial charge in [0.15, 0.2) is 0 Å². The molecule has 1 aromatic rings. The first-order valence-corrected chi connectivity index (χ1v) is 6.37. The lowest BCUT2D eigenvalue weighted by Crippen LogP contribution is -2.48. The molecule has 1 aromatic heterocycles. The number of pyridine rings is 1. The molecule has 0 aromatic carbocycles. The number of carbonyl (C=O) groups excluding carboxylic acids is 1. The molecule has 98 valence electrons. The number of aromatic nitrogens is 1. The highest BCUT2D eigenvalue weighted by Crippen LogP contribution is 2.31. The van der Waals surface area contributed by atoms with E-state index in [4.69, 9.17) is 4.74 Å². The van der Waals surface area contributed by atoms with Gasteiger partial charge in [0.2, 0.25) is 11.8 Å². The van der Waals surface area contributed by atoms with Gasteiger partial charge in [-0.25, -0.2) is 4.98 Å². The normalized spacial score (nSPS) is 23.2. The van der Waals surface area contributed by atoms with Gasteiger partial charge < -0.3 is 10.1 Å². The number of ether oxygens (including phenoxy) is 1. The van der Waals surface area contributed by atoms with Crippen molar-refractivity contribution < 1.29 is 9.53 Å². The number of amides is 1. The van der Waals surface area contributed by atoms with Gasteiger partial charge in [0, 0.05) is 30.1 Å². The van der Waals surface area contributed by atoms with Crippen molar-refractivity contribution in [3.8, 4) is 5.88 Å². The molecule has 18 heavy (non-hydrogen) atoms. The van der Waals surface area contributed by atoms with Crippen molar-refractivity contribution in [2.45, 2.75) is 38.6 Å². The van der Waals surface area contributed by atoms with Gasteiger partial charge >= 0.3 is 0 Å². The number of nitrogens with one attached hydrogen (secondary N) is 1. The molecule has 0 bridgehead atoms. The first-order valence-electron chi connectivity index (χ1n) is 6.37. The van der Waals surface area contributed by atoms with Crippen molar-refractivity contribution in [2.75, 3.05) is 7.11 Å². The molecule has 0 aliphatic carbocycles. The zero-order valence-electron chi connectivity index (χ0n) is 11.2. The fourth-order valence-electron chi connectivity index (χ4n) is 2.50. The minimum Gasteiger partial charge on any atom is -0.481 e. The highest BCUT2D eigenvalue weighted by molar-refractivity contribution is 5.79. The molecule has 1 fully saturated rings. The van der Waals surface area contributed by atoms with E-state index >= 15 is 0 Å². The average Bonchev–Trinajstić information content (AvgIpc) is 2.72. The van der Waals surface area contributed by atoms with Crippen LogP contribution in [0.5, 0.6) is 5.88 Å². The second-order valence-corrected chi connectivity index (χ2v) is 5.21. The molecular formula is C14H20N2O2. The van der Waals surface area contributed by atoms with E-state index in [-0.39, 0.29) is 11.4 Å². The molecule has 0 radical (unpaired) electrons. The third-order valence-corrected chi connectivity index (χ3v) is 3.78. The predicted molar refractivity (Wildman–Crippen MR) is 69.4 cm³/mol. The summed E-state index contributed by atoms with van der Waals surface area (Å²) in [5, 5.41) is 3.13. The smallest absolute Gasteiger partial charge is 0.220 e. The Morgan fingerprint density at radius 3 is 2.83 bits per heavy atom. The van der Waals surface area contributed by atoms with Crippen LogP contribution in [0, 0.1) is 5.92 Å². The van der Waals surface area contributed by atoms with E-state index < -0.39 is 0 Å². The van der Waals surface area contributed by atoms with E-state index in [1.54, 1.807) is 7.11 Å². The fourth-order valence-corrected chi connectivity index (χ4v) is 2.50. The summed E-state index contributed by atoms with van der Waals surface area (Å²) in [5.74, 6) is 1.15. The van der Waals surface area contributed by atoms with Crippen LogP contribution in [0.2, 0.25) is 0 Å². The fraction of sp³-hybridized carbons (Fsp3) is 0.571. The molecular weight excluding hydrogens is 228 g/mol. The second kappa shape index (κ2) is 4.96. The monoisotopic (exact) mass is 248 g/mol. The molecule has 1 unspecified atom stereocenters. The third kappa shape index (κ3) is 2.47. The predicted octanol–water partition coefficient (Wildman–Crippen LogP) is 1.94. The van der Waals surface area contributed by atoms with Crippen LogP contribution >= 0.6 is 0 Å². The van der Waals surface area contributed by atoms with Crippen LogP contribution in [0.25, 0.3) is 0 Å². The van der Waals surface area contributed by atoms with Crippen molar-refractivity contribution in [3.05, 3.63) is 23.9 Å². The van der Waals surface area contributed by atoms with E-state index in [1.165, 1.54) is 0 Å². The highest BCUT2D eigenvalue weighted by Gasteiger charge is 2.40. The summed E-state index contributed by atoms with van der Waals surface area (Å²) in [7, 11) is 1.61. The van der Waals surface area contributed by atoms with Gasteiger partial charge in [-0.05, 0) is 18.4 Å². The molecule has 1 N–H and O–H groups in total. The number of hydrogen-bond donors (Lipinski definition) is 1. The Hall–Kier alpha value is -1.58. The van der Waals surface area contributed by atoms with Gasteiger partial charge in [-0.1, -0.05) is 19.9 Å². The third-order valence-electron chi connectivity index (χ3n) is 3.78. The Balaban J connectivity index is 2.21. The Labute approximate surface area is 108 Å². The maximum atomic E-state index is 11.5. The largest absolute Gasteiger partial charge is 0.481 e. The minimum absolute atomic E-state index is 0.145. The Kier molecular flexibility index (Phi) is 3.55. The summed E-state index contributed by atoms with van der Waals surface area (Å²) in [6.07, 6.45) is 2.25. The van der Waals surface area contributed by atoms with Crippen LogP contribution in [-0.2, 0) is 11.2 Å². The first kappa shape index (κ1) is 12.9. The molecule has 2 rings (SSSR count). The summed E-state index contributed by atoms with van der Waals surface area (Å²) in [6, 6.07) is 5.75. The molecule has 1 atom stereocenters. The molecule has 0 spiro atoms. The van der Waals surface area contributed by atoms with Crippen molar-refractivity contribution in [1.82, 2.24) is 10.3 Å². The van der Waals surface area contributed by atoms with E-state index in [9.17, 15) is 4.79 Å². The van der Waals surface area contributed by atoms with Crippen LogP contribution in [0.15, 0.2) is 18.2 Å². The lowest BCUT2D eigenvalue weighted by Gasteiger charge is -2.33. The lowest BCUT2D eigenvalue weighted by atomic mass is 9.81. The highest BCUT2D eigenvalue weighted by atomic mass is 16.5. The van der Waals surface area contributed by atoms with Crippen LogP contribution in [-0.4, -0.2) is 23.5 Å². The maximum Gasteiger partial charge on any atom is 0.220 e. The van der Waals surface area contributed by atoms with Crippen LogP contribution in [0.3, 0.4) is 0 Å². The van der Waals surface area contributed by atoms with Crippen LogP contribution in [0.4, 0.5) is 0 Å². The molecule has 2 heterocycles. The molecule has 4 nitrogen and oxygen atoms in total. The van der Waals surface area contributed by atoms with Crippen molar-refractivity contribution in [2.24, 2.45) is 5.92 Å². The van der Waals surface area contributed by atoms with E-state index in [0.717, 1.165) is 18.5 Å². The van der Waals surface area contributed by atoms with Crippen LogP contribution in [0.1, 0.15) is 32.4 Å². The van der Waals surface area contributed by atoms with E-state index in [1.807, 2.05) is 18.2 Å². The van der Waals surface area contributed by atoms with Crippen LogP contribution < -0.4 is 10.1 Å². The maximum absolute atomic E-state index is 11.5. The topological polar surface area (TPSA) is 51.2 Å². The van der Waals surface area contributed by atoms with Crippen molar-refractivity contribution >= 4 is 5.91 Å². The Bertz CT molecular complexity index is 445. The molecule has 1 aliphatic heterocycles. The SMILES string of the molecule is COc1cccc(CC2(C(C)C)CCC(=O)N2)n1.